The Morgan fingerprint density at radius 1 is 1.16 bits per heavy atom. The molecule has 7 heteroatoms. The second-order valence-electron chi connectivity index (χ2n) is 5.61. The molecule has 4 rings (SSSR count). The fourth-order valence-electron chi connectivity index (χ4n) is 2.58. The van der Waals surface area contributed by atoms with E-state index in [4.69, 9.17) is 0 Å². The van der Waals surface area contributed by atoms with Gasteiger partial charge in [-0.1, -0.05) is 18.2 Å². The lowest BCUT2D eigenvalue weighted by atomic mass is 10.2. The summed E-state index contributed by atoms with van der Waals surface area (Å²) in [6, 6.07) is 13.6. The Bertz CT molecular complexity index is 1020. The smallest absolute Gasteiger partial charge is 0.276 e. The van der Waals surface area contributed by atoms with Crippen LogP contribution in [-0.2, 0) is 6.54 Å². The maximum absolute atomic E-state index is 13.2. The number of amides is 1. The number of hydrogen-bond donors (Lipinski definition) is 1. The number of fused-ring (bicyclic) bond motifs is 1. The number of carbonyl (C=O) groups is 1. The molecule has 3 aromatic heterocycles. The van der Waals surface area contributed by atoms with Gasteiger partial charge in [-0.25, -0.2) is 8.91 Å². The zero-order valence-corrected chi connectivity index (χ0v) is 13.1. The molecule has 3 heterocycles. The topological polar surface area (TPSA) is 64.2 Å². The van der Waals surface area contributed by atoms with E-state index >= 15 is 0 Å². The van der Waals surface area contributed by atoms with Crippen molar-refractivity contribution in [2.45, 2.75) is 6.54 Å². The average molecular weight is 335 g/mol. The molecule has 1 amide bonds. The van der Waals surface area contributed by atoms with E-state index in [1.165, 1.54) is 12.1 Å². The van der Waals surface area contributed by atoms with Gasteiger partial charge in [0, 0.05) is 12.4 Å². The van der Waals surface area contributed by atoms with Crippen LogP contribution in [0.25, 0.3) is 5.52 Å². The molecular formula is C18H14FN5O. The third-order valence-electron chi connectivity index (χ3n) is 3.73. The van der Waals surface area contributed by atoms with Gasteiger partial charge in [0.1, 0.15) is 5.82 Å². The van der Waals surface area contributed by atoms with E-state index in [9.17, 15) is 9.18 Å². The van der Waals surface area contributed by atoms with Crippen molar-refractivity contribution in [1.29, 1.82) is 0 Å². The van der Waals surface area contributed by atoms with E-state index in [1.54, 1.807) is 39.9 Å². The number of halogens is 1. The molecule has 1 N–H and O–H groups in total. The predicted octanol–water partition coefficient (Wildman–Crippen LogP) is 2.97. The van der Waals surface area contributed by atoms with Crippen molar-refractivity contribution < 1.29 is 9.18 Å². The Hall–Kier alpha value is -3.48. The average Bonchev–Trinajstić information content (AvgIpc) is 3.21. The predicted molar refractivity (Wildman–Crippen MR) is 90.9 cm³/mol. The zero-order chi connectivity index (χ0) is 17.2. The van der Waals surface area contributed by atoms with E-state index in [1.807, 2.05) is 24.3 Å². The highest BCUT2D eigenvalue weighted by molar-refractivity contribution is 6.03. The number of nitrogens with zero attached hydrogens (tertiary/aromatic N) is 4. The van der Waals surface area contributed by atoms with Crippen molar-refractivity contribution in [3.05, 3.63) is 84.2 Å². The largest absolute Gasteiger partial charge is 0.318 e. The number of anilines is 1. The van der Waals surface area contributed by atoms with Crippen LogP contribution in [0.4, 0.5) is 10.1 Å². The summed E-state index contributed by atoms with van der Waals surface area (Å²) < 4.78 is 16.5. The van der Waals surface area contributed by atoms with Crippen LogP contribution in [0.2, 0.25) is 0 Å². The third-order valence-corrected chi connectivity index (χ3v) is 3.73. The van der Waals surface area contributed by atoms with Crippen molar-refractivity contribution in [2.75, 3.05) is 5.32 Å². The quantitative estimate of drug-likeness (QED) is 0.623. The Morgan fingerprint density at radius 2 is 2.08 bits per heavy atom. The van der Waals surface area contributed by atoms with E-state index < -0.39 is 0 Å². The molecule has 0 saturated carbocycles. The lowest BCUT2D eigenvalue weighted by Crippen LogP contribution is -2.12. The van der Waals surface area contributed by atoms with Gasteiger partial charge in [-0.2, -0.15) is 10.2 Å². The number of rotatable bonds is 4. The fourth-order valence-corrected chi connectivity index (χ4v) is 2.58. The molecule has 4 aromatic rings. The van der Waals surface area contributed by atoms with Crippen LogP contribution in [0.15, 0.2) is 67.1 Å². The molecule has 0 fully saturated rings. The Labute approximate surface area is 142 Å². The maximum Gasteiger partial charge on any atom is 0.276 e. The van der Waals surface area contributed by atoms with Crippen molar-refractivity contribution in [1.82, 2.24) is 19.4 Å². The molecule has 0 bridgehead atoms. The highest BCUT2D eigenvalue weighted by atomic mass is 19.1. The van der Waals surface area contributed by atoms with E-state index in [0.717, 1.165) is 11.1 Å². The van der Waals surface area contributed by atoms with Gasteiger partial charge in [0.05, 0.1) is 23.9 Å². The Kier molecular flexibility index (Phi) is 3.74. The summed E-state index contributed by atoms with van der Waals surface area (Å²) in [5, 5.41) is 11.2. The highest BCUT2D eigenvalue weighted by Gasteiger charge is 2.12. The van der Waals surface area contributed by atoms with Crippen molar-refractivity contribution in [3.63, 3.8) is 0 Å². The van der Waals surface area contributed by atoms with Crippen LogP contribution in [0.1, 0.15) is 16.1 Å². The van der Waals surface area contributed by atoms with E-state index in [0.29, 0.717) is 17.9 Å². The maximum atomic E-state index is 13.2. The molecule has 25 heavy (non-hydrogen) atoms. The Balaban J connectivity index is 1.47. The number of carbonyl (C=O) groups excluding carboxylic acids is 1. The summed E-state index contributed by atoms with van der Waals surface area (Å²) >= 11 is 0. The molecule has 1 aromatic carbocycles. The van der Waals surface area contributed by atoms with Gasteiger partial charge in [-0.3, -0.25) is 9.48 Å². The molecule has 0 aliphatic rings. The summed E-state index contributed by atoms with van der Waals surface area (Å²) in [6.45, 7) is 0.419. The van der Waals surface area contributed by atoms with Crippen LogP contribution in [0.5, 0.6) is 0 Å². The Morgan fingerprint density at radius 3 is 2.92 bits per heavy atom. The molecule has 0 unspecified atom stereocenters. The first-order valence-electron chi connectivity index (χ1n) is 7.70. The second-order valence-corrected chi connectivity index (χ2v) is 5.61. The normalized spacial score (nSPS) is 10.9. The van der Waals surface area contributed by atoms with Gasteiger partial charge in [-0.15, -0.1) is 0 Å². The van der Waals surface area contributed by atoms with Crippen LogP contribution in [-0.4, -0.2) is 25.3 Å². The summed E-state index contributed by atoms with van der Waals surface area (Å²) in [5.74, 6) is -0.598. The van der Waals surface area contributed by atoms with Gasteiger partial charge < -0.3 is 5.32 Å². The molecule has 0 aliphatic carbocycles. The molecule has 124 valence electrons. The number of hydrogen-bond acceptors (Lipinski definition) is 3. The summed E-state index contributed by atoms with van der Waals surface area (Å²) in [4.78, 5) is 12.3. The van der Waals surface area contributed by atoms with Gasteiger partial charge in [0.15, 0.2) is 5.69 Å². The molecule has 0 radical (unpaired) electrons. The van der Waals surface area contributed by atoms with Crippen molar-refractivity contribution in [3.8, 4) is 0 Å². The first kappa shape index (κ1) is 15.1. The molecule has 0 atom stereocenters. The van der Waals surface area contributed by atoms with Crippen LogP contribution in [0, 0.1) is 5.82 Å². The standard InChI is InChI=1S/C18H14FN5O/c19-14-5-3-4-13(8-14)11-23-12-15(10-20-23)21-18(25)17-9-16-6-1-2-7-24(16)22-17/h1-10,12H,11H2,(H,21,25). The summed E-state index contributed by atoms with van der Waals surface area (Å²) in [5.41, 5.74) is 2.51. The van der Waals surface area contributed by atoms with Crippen LogP contribution in [0.3, 0.4) is 0 Å². The van der Waals surface area contributed by atoms with Gasteiger partial charge in [0.25, 0.3) is 5.91 Å². The van der Waals surface area contributed by atoms with Crippen molar-refractivity contribution in [2.24, 2.45) is 0 Å². The van der Waals surface area contributed by atoms with Crippen LogP contribution >= 0.6 is 0 Å². The van der Waals surface area contributed by atoms with Crippen LogP contribution < -0.4 is 5.32 Å². The lowest BCUT2D eigenvalue weighted by Gasteiger charge is -2.02. The first-order chi connectivity index (χ1) is 12.2. The number of pyridine rings is 1. The van der Waals surface area contributed by atoms with Crippen molar-refractivity contribution >= 4 is 17.1 Å². The SMILES string of the molecule is O=C(Nc1cnn(Cc2cccc(F)c2)c1)c1cc2ccccn2n1. The van der Waals surface area contributed by atoms with E-state index in [2.05, 4.69) is 15.5 Å². The third kappa shape index (κ3) is 3.25. The monoisotopic (exact) mass is 335 g/mol. The minimum atomic E-state index is -0.311. The fraction of sp³-hybridized carbons (Fsp3) is 0.0556. The number of aromatic nitrogens is 4. The minimum Gasteiger partial charge on any atom is -0.318 e. The van der Waals surface area contributed by atoms with Gasteiger partial charge in [-0.05, 0) is 35.9 Å². The minimum absolute atomic E-state index is 0.287. The zero-order valence-electron chi connectivity index (χ0n) is 13.1. The summed E-state index contributed by atoms with van der Waals surface area (Å²) in [7, 11) is 0. The second kappa shape index (κ2) is 6.20. The van der Waals surface area contributed by atoms with E-state index in [-0.39, 0.29) is 11.7 Å². The lowest BCUT2D eigenvalue weighted by molar-refractivity contribution is 0.102. The first-order valence-corrected chi connectivity index (χ1v) is 7.70. The molecule has 0 aliphatic heterocycles. The van der Waals surface area contributed by atoms with Gasteiger partial charge >= 0.3 is 0 Å². The summed E-state index contributed by atoms with van der Waals surface area (Å²) in [6.07, 6.45) is 5.02. The number of benzene rings is 1. The molecule has 0 saturated heterocycles. The number of nitrogens with one attached hydrogen (secondary N) is 1. The van der Waals surface area contributed by atoms with Gasteiger partial charge in [0.2, 0.25) is 0 Å². The molecule has 0 spiro atoms. The highest BCUT2D eigenvalue weighted by Crippen LogP contribution is 2.12. The molecular weight excluding hydrogens is 321 g/mol. The molecule has 6 nitrogen and oxygen atoms in total.